The minimum Gasteiger partial charge on any atom is -0.381 e. The van der Waals surface area contributed by atoms with Crippen LogP contribution in [0, 0.1) is 5.82 Å². The average molecular weight is 381 g/mol. The minimum absolute atomic E-state index is 0.212. The normalized spacial score (nSPS) is 22.5. The Balaban J connectivity index is 1.61. The van der Waals surface area contributed by atoms with Gasteiger partial charge in [-0.15, -0.1) is 0 Å². The molecule has 2 fully saturated rings. The molecule has 0 aliphatic carbocycles. The van der Waals surface area contributed by atoms with Gasteiger partial charge in [-0.3, -0.25) is 4.79 Å². The summed E-state index contributed by atoms with van der Waals surface area (Å²) in [5.74, 6) is 0.284. The van der Waals surface area contributed by atoms with Crippen LogP contribution in [0.3, 0.4) is 0 Å². The SMILES string of the molecule is O=C(N1CCCCC(c2ccc(F)cc2)C1)C1(c2ccccc2)CCOCC1. The molecule has 0 radical (unpaired) electrons. The number of halogens is 1. The molecule has 1 atom stereocenters. The third-order valence-electron chi connectivity index (χ3n) is 6.38. The van der Waals surface area contributed by atoms with Gasteiger partial charge in [-0.25, -0.2) is 4.39 Å². The highest BCUT2D eigenvalue weighted by atomic mass is 19.1. The second-order valence-corrected chi connectivity index (χ2v) is 8.06. The summed E-state index contributed by atoms with van der Waals surface area (Å²) in [5, 5.41) is 0. The van der Waals surface area contributed by atoms with Crippen LogP contribution in [0.4, 0.5) is 4.39 Å². The molecule has 28 heavy (non-hydrogen) atoms. The Labute approximate surface area is 166 Å². The van der Waals surface area contributed by atoms with Crippen LogP contribution in [0.5, 0.6) is 0 Å². The number of carbonyl (C=O) groups excluding carboxylic acids is 1. The molecular formula is C24H28FNO2. The molecule has 2 aromatic carbocycles. The first-order chi connectivity index (χ1) is 13.7. The number of nitrogens with zero attached hydrogens (tertiary/aromatic N) is 1. The molecule has 3 nitrogen and oxygen atoms in total. The lowest BCUT2D eigenvalue weighted by molar-refractivity contribution is -0.141. The van der Waals surface area contributed by atoms with Gasteiger partial charge in [0.2, 0.25) is 5.91 Å². The molecule has 2 aromatic rings. The van der Waals surface area contributed by atoms with E-state index in [0.29, 0.717) is 19.8 Å². The van der Waals surface area contributed by atoms with E-state index in [1.807, 2.05) is 30.3 Å². The van der Waals surface area contributed by atoms with Gasteiger partial charge in [0.15, 0.2) is 0 Å². The van der Waals surface area contributed by atoms with Crippen molar-refractivity contribution in [2.24, 2.45) is 0 Å². The Morgan fingerprint density at radius 2 is 1.71 bits per heavy atom. The van der Waals surface area contributed by atoms with Crippen molar-refractivity contribution in [3.8, 4) is 0 Å². The summed E-state index contributed by atoms with van der Waals surface area (Å²) in [6.45, 7) is 2.75. The topological polar surface area (TPSA) is 29.5 Å². The maximum Gasteiger partial charge on any atom is 0.233 e. The standard InChI is InChI=1S/C24H28FNO2/c25-22-11-9-19(10-12-22)20-6-4-5-15-26(18-20)23(27)24(13-16-28-17-14-24)21-7-2-1-3-8-21/h1-3,7-12,20H,4-6,13-18H2. The summed E-state index contributed by atoms with van der Waals surface area (Å²) in [6, 6.07) is 17.0. The number of carbonyl (C=O) groups is 1. The molecule has 0 saturated carbocycles. The fourth-order valence-corrected chi connectivity index (χ4v) is 4.74. The highest BCUT2D eigenvalue weighted by molar-refractivity contribution is 5.88. The van der Waals surface area contributed by atoms with Crippen LogP contribution >= 0.6 is 0 Å². The first kappa shape index (κ1) is 19.1. The zero-order valence-electron chi connectivity index (χ0n) is 16.3. The van der Waals surface area contributed by atoms with Crippen LogP contribution in [0.2, 0.25) is 0 Å². The zero-order chi connectivity index (χ0) is 19.4. The average Bonchev–Trinajstić information content (AvgIpc) is 3.01. The van der Waals surface area contributed by atoms with Gasteiger partial charge >= 0.3 is 0 Å². The van der Waals surface area contributed by atoms with E-state index in [4.69, 9.17) is 4.74 Å². The molecule has 2 heterocycles. The molecule has 1 amide bonds. The van der Waals surface area contributed by atoms with Crippen LogP contribution in [0.25, 0.3) is 0 Å². The van der Waals surface area contributed by atoms with Crippen molar-refractivity contribution in [1.29, 1.82) is 0 Å². The highest BCUT2D eigenvalue weighted by Gasteiger charge is 2.44. The molecule has 0 spiro atoms. The fourth-order valence-electron chi connectivity index (χ4n) is 4.74. The maximum atomic E-state index is 13.9. The number of likely N-dealkylation sites (tertiary alicyclic amines) is 1. The number of hydrogen-bond acceptors (Lipinski definition) is 2. The predicted octanol–water partition coefficient (Wildman–Crippen LogP) is 4.67. The molecule has 4 heteroatoms. The van der Waals surface area contributed by atoms with Gasteiger partial charge < -0.3 is 9.64 Å². The summed E-state index contributed by atoms with van der Waals surface area (Å²) < 4.78 is 18.9. The lowest BCUT2D eigenvalue weighted by Crippen LogP contribution is -2.50. The van der Waals surface area contributed by atoms with Crippen LogP contribution in [0.15, 0.2) is 54.6 Å². The van der Waals surface area contributed by atoms with Crippen molar-refractivity contribution in [2.45, 2.75) is 43.4 Å². The molecule has 0 N–H and O–H groups in total. The van der Waals surface area contributed by atoms with E-state index in [2.05, 4.69) is 17.0 Å². The number of hydrogen-bond donors (Lipinski definition) is 0. The first-order valence-corrected chi connectivity index (χ1v) is 10.4. The Bertz CT molecular complexity index is 784. The van der Waals surface area contributed by atoms with E-state index in [0.717, 1.165) is 49.8 Å². The van der Waals surface area contributed by atoms with Gasteiger partial charge in [-0.05, 0) is 48.9 Å². The largest absolute Gasteiger partial charge is 0.381 e. The molecule has 0 bridgehead atoms. The highest BCUT2D eigenvalue weighted by Crippen LogP contribution is 2.38. The third-order valence-corrected chi connectivity index (χ3v) is 6.38. The van der Waals surface area contributed by atoms with Crippen molar-refractivity contribution in [1.82, 2.24) is 4.90 Å². The lowest BCUT2D eigenvalue weighted by Gasteiger charge is -2.40. The van der Waals surface area contributed by atoms with E-state index < -0.39 is 5.41 Å². The van der Waals surface area contributed by atoms with Crippen molar-refractivity contribution >= 4 is 5.91 Å². The summed E-state index contributed by atoms with van der Waals surface area (Å²) in [5.41, 5.74) is 1.74. The molecule has 1 unspecified atom stereocenters. The summed E-state index contributed by atoms with van der Waals surface area (Å²) in [6.07, 6.45) is 4.61. The van der Waals surface area contributed by atoms with Gasteiger partial charge in [0, 0.05) is 32.2 Å². The monoisotopic (exact) mass is 381 g/mol. The van der Waals surface area contributed by atoms with E-state index >= 15 is 0 Å². The Kier molecular flexibility index (Phi) is 5.77. The van der Waals surface area contributed by atoms with Crippen LogP contribution in [0.1, 0.15) is 49.1 Å². The minimum atomic E-state index is -0.489. The Hall–Kier alpha value is -2.20. The summed E-state index contributed by atoms with van der Waals surface area (Å²) >= 11 is 0. The fraction of sp³-hybridized carbons (Fsp3) is 0.458. The van der Waals surface area contributed by atoms with E-state index in [1.165, 1.54) is 12.1 Å². The van der Waals surface area contributed by atoms with Crippen LogP contribution in [-0.2, 0) is 14.9 Å². The van der Waals surface area contributed by atoms with Gasteiger partial charge in [0.25, 0.3) is 0 Å². The second kappa shape index (κ2) is 8.44. The molecule has 4 rings (SSSR count). The predicted molar refractivity (Wildman–Crippen MR) is 108 cm³/mol. The molecule has 2 saturated heterocycles. The Morgan fingerprint density at radius 3 is 2.43 bits per heavy atom. The Morgan fingerprint density at radius 1 is 1.00 bits per heavy atom. The molecule has 0 aromatic heterocycles. The maximum absolute atomic E-state index is 13.9. The zero-order valence-corrected chi connectivity index (χ0v) is 16.3. The van der Waals surface area contributed by atoms with Crippen molar-refractivity contribution in [2.75, 3.05) is 26.3 Å². The summed E-state index contributed by atoms with van der Waals surface area (Å²) in [7, 11) is 0. The molecule has 2 aliphatic rings. The van der Waals surface area contributed by atoms with Crippen LogP contribution < -0.4 is 0 Å². The summed E-state index contributed by atoms with van der Waals surface area (Å²) in [4.78, 5) is 15.9. The number of amides is 1. The molecule has 2 aliphatic heterocycles. The van der Waals surface area contributed by atoms with Gasteiger partial charge in [-0.1, -0.05) is 48.9 Å². The molecular weight excluding hydrogens is 353 g/mol. The van der Waals surface area contributed by atoms with Crippen LogP contribution in [-0.4, -0.2) is 37.1 Å². The number of ether oxygens (including phenoxy) is 1. The van der Waals surface area contributed by atoms with Crippen molar-refractivity contribution in [3.05, 3.63) is 71.5 Å². The number of rotatable bonds is 3. The van der Waals surface area contributed by atoms with Crippen molar-refractivity contribution in [3.63, 3.8) is 0 Å². The van der Waals surface area contributed by atoms with E-state index in [1.54, 1.807) is 0 Å². The van der Waals surface area contributed by atoms with Gasteiger partial charge in [0.1, 0.15) is 5.82 Å². The number of benzene rings is 2. The smallest absolute Gasteiger partial charge is 0.233 e. The lowest BCUT2D eigenvalue weighted by atomic mass is 9.73. The second-order valence-electron chi connectivity index (χ2n) is 8.06. The van der Waals surface area contributed by atoms with E-state index in [-0.39, 0.29) is 17.6 Å². The van der Waals surface area contributed by atoms with Crippen molar-refractivity contribution < 1.29 is 13.9 Å². The quantitative estimate of drug-likeness (QED) is 0.773. The first-order valence-electron chi connectivity index (χ1n) is 10.4. The van der Waals surface area contributed by atoms with Gasteiger partial charge in [-0.2, -0.15) is 0 Å². The van der Waals surface area contributed by atoms with E-state index in [9.17, 15) is 9.18 Å². The third kappa shape index (κ3) is 3.83. The molecule has 148 valence electrons. The van der Waals surface area contributed by atoms with Gasteiger partial charge in [0.05, 0.1) is 5.41 Å².